The first-order valence-corrected chi connectivity index (χ1v) is 12.6. The molecule has 0 saturated carbocycles. The Morgan fingerprint density at radius 2 is 1.60 bits per heavy atom. The summed E-state index contributed by atoms with van der Waals surface area (Å²) in [6.07, 6.45) is -16.9. The van der Waals surface area contributed by atoms with Gasteiger partial charge in [-0.05, 0) is 37.3 Å². The number of amides is 3. The molecular formula is C25H18Cl2F9N3O4. The van der Waals surface area contributed by atoms with Crippen LogP contribution in [0.15, 0.2) is 41.6 Å². The first kappa shape index (κ1) is 34.0. The summed E-state index contributed by atoms with van der Waals surface area (Å²) >= 11 is 11.7. The molecule has 3 rings (SSSR count). The van der Waals surface area contributed by atoms with Crippen molar-refractivity contribution in [3.63, 3.8) is 0 Å². The van der Waals surface area contributed by atoms with Gasteiger partial charge >= 0.3 is 18.5 Å². The number of oxime groups is 1. The Hall–Kier alpha value is -3.53. The molecule has 43 heavy (non-hydrogen) atoms. The molecule has 0 aliphatic carbocycles. The first-order valence-electron chi connectivity index (χ1n) is 11.8. The summed E-state index contributed by atoms with van der Waals surface area (Å²) in [7, 11) is 0. The van der Waals surface area contributed by atoms with Gasteiger partial charge in [-0.15, -0.1) is 0 Å². The highest BCUT2D eigenvalue weighted by molar-refractivity contribution is 6.34. The van der Waals surface area contributed by atoms with Crippen molar-refractivity contribution in [2.75, 3.05) is 19.6 Å². The predicted molar refractivity (Wildman–Crippen MR) is 133 cm³/mol. The standard InChI is InChI=1S/C25H18Cl2F9N3O4/c1-2-38(10-20(41)39(12-40)11-23(28,29)30)21(42)17-4-3-13(5-18(17)24(31,32)33)19-9-22(43-37-19,25(34,35)36)14-6-15(26)8-16(27)7-14/h3-8,12H,2,9-11H2,1H3. The fraction of sp³-hybridized carbons (Fsp3) is 0.360. The lowest BCUT2D eigenvalue weighted by Gasteiger charge is -2.29. The summed E-state index contributed by atoms with van der Waals surface area (Å²) < 4.78 is 123. The molecule has 0 spiro atoms. The minimum absolute atomic E-state index is 0.181. The van der Waals surface area contributed by atoms with Gasteiger partial charge < -0.3 is 9.74 Å². The zero-order valence-corrected chi connectivity index (χ0v) is 23.0. The summed E-state index contributed by atoms with van der Waals surface area (Å²) in [5.41, 5.74) is -7.51. The van der Waals surface area contributed by atoms with E-state index in [1.807, 2.05) is 0 Å². The number of carbonyl (C=O) groups is 3. The van der Waals surface area contributed by atoms with Crippen molar-refractivity contribution in [3.8, 4) is 0 Å². The van der Waals surface area contributed by atoms with Gasteiger partial charge in [0.2, 0.25) is 12.3 Å². The predicted octanol–water partition coefficient (Wildman–Crippen LogP) is 6.60. The molecule has 3 amide bonds. The van der Waals surface area contributed by atoms with Crippen molar-refractivity contribution < 1.29 is 58.7 Å². The third-order valence-electron chi connectivity index (χ3n) is 6.20. The van der Waals surface area contributed by atoms with Gasteiger partial charge in [0.25, 0.3) is 11.5 Å². The highest BCUT2D eigenvalue weighted by Crippen LogP contribution is 2.50. The molecule has 0 radical (unpaired) electrons. The van der Waals surface area contributed by atoms with Crippen molar-refractivity contribution in [2.45, 2.75) is 37.5 Å². The normalized spacial score (nSPS) is 17.3. The van der Waals surface area contributed by atoms with Gasteiger partial charge in [-0.1, -0.05) is 34.4 Å². The Bertz CT molecular complexity index is 1420. The molecule has 1 aliphatic heterocycles. The number of nitrogens with zero attached hydrogens (tertiary/aromatic N) is 3. The second-order valence-electron chi connectivity index (χ2n) is 9.11. The molecule has 2 aromatic carbocycles. The van der Waals surface area contributed by atoms with Crippen LogP contribution < -0.4 is 0 Å². The lowest BCUT2D eigenvalue weighted by atomic mass is 9.86. The molecule has 0 saturated heterocycles. The smallest absolute Gasteiger partial charge is 0.374 e. The second kappa shape index (κ2) is 12.2. The SMILES string of the molecule is CCN(CC(=O)N(C=O)CC(F)(F)F)C(=O)c1ccc(C2=NOC(c3cc(Cl)cc(Cl)c3)(C(F)(F)F)C2)cc1C(F)(F)F. The van der Waals surface area contributed by atoms with Crippen molar-refractivity contribution in [1.29, 1.82) is 0 Å². The number of alkyl halides is 9. The van der Waals surface area contributed by atoms with Crippen LogP contribution >= 0.6 is 23.2 Å². The lowest BCUT2D eigenvalue weighted by molar-refractivity contribution is -0.275. The van der Waals surface area contributed by atoms with E-state index in [1.165, 1.54) is 6.92 Å². The van der Waals surface area contributed by atoms with Crippen LogP contribution in [0.25, 0.3) is 0 Å². The van der Waals surface area contributed by atoms with Crippen LogP contribution in [-0.2, 0) is 26.2 Å². The maximum Gasteiger partial charge on any atom is 0.435 e. The van der Waals surface area contributed by atoms with E-state index >= 15 is 0 Å². The zero-order valence-electron chi connectivity index (χ0n) is 21.5. The van der Waals surface area contributed by atoms with Gasteiger partial charge in [0.1, 0.15) is 13.1 Å². The first-order chi connectivity index (χ1) is 19.7. The average molecular weight is 666 g/mol. The highest BCUT2D eigenvalue weighted by atomic mass is 35.5. The minimum atomic E-state index is -5.27. The van der Waals surface area contributed by atoms with Crippen molar-refractivity contribution in [3.05, 3.63) is 68.7 Å². The van der Waals surface area contributed by atoms with Crippen LogP contribution in [0.1, 0.15) is 40.4 Å². The summed E-state index contributed by atoms with van der Waals surface area (Å²) in [6.45, 7) is -2.42. The maximum absolute atomic E-state index is 14.3. The van der Waals surface area contributed by atoms with Crippen LogP contribution in [0, 0.1) is 0 Å². The van der Waals surface area contributed by atoms with Crippen molar-refractivity contribution >= 4 is 47.1 Å². The van der Waals surface area contributed by atoms with Crippen LogP contribution in [0.4, 0.5) is 39.5 Å². The molecule has 2 aromatic rings. The lowest BCUT2D eigenvalue weighted by Crippen LogP contribution is -2.45. The van der Waals surface area contributed by atoms with Gasteiger partial charge in [0, 0.05) is 34.1 Å². The number of halogens is 11. The number of hydrogen-bond donors (Lipinski definition) is 0. The molecule has 0 bridgehead atoms. The minimum Gasteiger partial charge on any atom is -0.374 e. The van der Waals surface area contributed by atoms with E-state index in [4.69, 9.17) is 28.0 Å². The van der Waals surface area contributed by atoms with Crippen LogP contribution in [-0.4, -0.2) is 65.7 Å². The Balaban J connectivity index is 1.97. The monoisotopic (exact) mass is 665 g/mol. The van der Waals surface area contributed by atoms with Crippen LogP contribution in [0.5, 0.6) is 0 Å². The third kappa shape index (κ3) is 7.52. The summed E-state index contributed by atoms with van der Waals surface area (Å²) in [6, 6.07) is 4.79. The summed E-state index contributed by atoms with van der Waals surface area (Å²) in [5, 5.41) is 3.02. The third-order valence-corrected chi connectivity index (χ3v) is 6.63. The van der Waals surface area contributed by atoms with E-state index in [0.717, 1.165) is 24.3 Å². The number of hydrogen-bond acceptors (Lipinski definition) is 5. The topological polar surface area (TPSA) is 79.3 Å². The van der Waals surface area contributed by atoms with Gasteiger partial charge in [-0.2, -0.15) is 39.5 Å². The number of likely N-dealkylation sites (N-methyl/N-ethyl adjacent to an activating group) is 1. The molecule has 7 nitrogen and oxygen atoms in total. The fourth-order valence-corrected chi connectivity index (χ4v) is 4.65. The van der Waals surface area contributed by atoms with Gasteiger partial charge in [0.15, 0.2) is 0 Å². The summed E-state index contributed by atoms with van der Waals surface area (Å²) in [5.74, 6) is -2.97. The largest absolute Gasteiger partial charge is 0.435 e. The van der Waals surface area contributed by atoms with E-state index in [1.54, 1.807) is 0 Å². The van der Waals surface area contributed by atoms with E-state index in [0.29, 0.717) is 17.0 Å². The molecular weight excluding hydrogens is 648 g/mol. The Kier molecular flexibility index (Phi) is 9.66. The molecule has 0 aromatic heterocycles. The number of carbonyl (C=O) groups excluding carboxylic acids is 3. The van der Waals surface area contributed by atoms with E-state index in [9.17, 15) is 53.9 Å². The Morgan fingerprint density at radius 1 is 1.00 bits per heavy atom. The Morgan fingerprint density at radius 3 is 2.09 bits per heavy atom. The van der Waals surface area contributed by atoms with Crippen molar-refractivity contribution in [1.82, 2.24) is 9.80 Å². The van der Waals surface area contributed by atoms with Gasteiger partial charge in [-0.3, -0.25) is 19.3 Å². The summed E-state index contributed by atoms with van der Waals surface area (Å²) in [4.78, 5) is 41.1. The second-order valence-corrected chi connectivity index (χ2v) is 9.98. The van der Waals surface area contributed by atoms with E-state index in [2.05, 4.69) is 5.16 Å². The quantitative estimate of drug-likeness (QED) is 0.235. The molecule has 18 heteroatoms. The van der Waals surface area contributed by atoms with E-state index < -0.39 is 96.4 Å². The Labute approximate surface area is 246 Å². The highest BCUT2D eigenvalue weighted by Gasteiger charge is 2.62. The number of imide groups is 1. The van der Waals surface area contributed by atoms with Crippen LogP contribution in [0.2, 0.25) is 10.0 Å². The van der Waals surface area contributed by atoms with Gasteiger partial charge in [0.05, 0.1) is 16.8 Å². The van der Waals surface area contributed by atoms with Crippen molar-refractivity contribution in [2.24, 2.45) is 5.16 Å². The molecule has 1 aliphatic rings. The molecule has 1 unspecified atom stereocenters. The average Bonchev–Trinajstić information content (AvgIpc) is 3.35. The van der Waals surface area contributed by atoms with Crippen LogP contribution in [0.3, 0.4) is 0 Å². The zero-order chi connectivity index (χ0) is 32.5. The molecule has 234 valence electrons. The number of rotatable bonds is 8. The molecule has 0 fully saturated rings. The van der Waals surface area contributed by atoms with E-state index in [-0.39, 0.29) is 14.9 Å². The molecule has 0 N–H and O–H groups in total. The fourth-order valence-electron chi connectivity index (χ4n) is 4.12. The maximum atomic E-state index is 14.3. The number of benzene rings is 2. The molecule has 1 atom stereocenters. The van der Waals surface area contributed by atoms with Gasteiger partial charge in [-0.25, -0.2) is 0 Å². The molecule has 1 heterocycles.